The number of nitrogens with one attached hydrogen (secondary N) is 1. The Morgan fingerprint density at radius 1 is 1.11 bits per heavy atom. The fraction of sp³-hybridized carbons (Fsp3) is 0.259. The van der Waals surface area contributed by atoms with Crippen molar-refractivity contribution in [2.75, 3.05) is 18.2 Å². The van der Waals surface area contributed by atoms with E-state index in [1.54, 1.807) is 43.3 Å². The Morgan fingerprint density at radius 3 is 2.60 bits per heavy atom. The molecule has 3 aromatic rings. The van der Waals surface area contributed by atoms with Gasteiger partial charge in [0.25, 0.3) is 0 Å². The average molecular weight is 490 g/mol. The number of aryl methyl sites for hydroxylation is 1. The number of anilines is 1. The molecule has 8 heteroatoms. The summed E-state index contributed by atoms with van der Waals surface area (Å²) in [5, 5.41) is 3.32. The Kier molecular flexibility index (Phi) is 5.84. The van der Waals surface area contributed by atoms with Crippen LogP contribution in [0.3, 0.4) is 0 Å². The van der Waals surface area contributed by atoms with Crippen molar-refractivity contribution in [3.63, 3.8) is 0 Å². The number of carbonyl (C=O) groups excluding carboxylic acids is 1. The third-order valence-electron chi connectivity index (χ3n) is 6.61. The average Bonchev–Trinajstić information content (AvgIpc) is 3.25. The van der Waals surface area contributed by atoms with Crippen LogP contribution in [-0.2, 0) is 21.2 Å². The third kappa shape index (κ3) is 4.18. The summed E-state index contributed by atoms with van der Waals surface area (Å²) in [6.07, 6.45) is 3.64. The van der Waals surface area contributed by atoms with Crippen molar-refractivity contribution in [2.45, 2.75) is 37.2 Å². The van der Waals surface area contributed by atoms with E-state index in [1.165, 1.54) is 0 Å². The molecule has 0 bridgehead atoms. The van der Waals surface area contributed by atoms with Crippen LogP contribution in [0.4, 0.5) is 5.82 Å². The number of rotatable bonds is 6. The largest absolute Gasteiger partial charge is 0.497 e. The van der Waals surface area contributed by atoms with Crippen LogP contribution in [0.15, 0.2) is 71.9 Å². The van der Waals surface area contributed by atoms with Gasteiger partial charge in [0.2, 0.25) is 5.91 Å². The Labute approximate surface area is 205 Å². The standard InChI is InChI=1S/C27H27N3O4S/c1-4-35(32,33)21-7-5-6-19(13-21)23-16-30(15-18-8-10-20(34-3)11-9-18)27(31)25-24(23)22-12-17(2)14-28-26(22)29-25/h5-14,16,24-25H,4,15H2,1-3H3,(H,28,29). The minimum atomic E-state index is -3.38. The van der Waals surface area contributed by atoms with Crippen LogP contribution in [0, 0.1) is 6.92 Å². The van der Waals surface area contributed by atoms with Gasteiger partial charge in [-0.05, 0) is 53.5 Å². The van der Waals surface area contributed by atoms with Gasteiger partial charge < -0.3 is 15.0 Å². The summed E-state index contributed by atoms with van der Waals surface area (Å²) in [5.41, 5.74) is 4.57. The van der Waals surface area contributed by atoms with Crippen LogP contribution >= 0.6 is 0 Å². The number of benzene rings is 2. The molecule has 2 aromatic carbocycles. The summed E-state index contributed by atoms with van der Waals surface area (Å²) in [7, 11) is -1.76. The molecule has 2 aliphatic rings. The smallest absolute Gasteiger partial charge is 0.250 e. The number of nitrogens with zero attached hydrogens (tertiary/aromatic N) is 2. The van der Waals surface area contributed by atoms with E-state index in [0.717, 1.165) is 33.6 Å². The number of ether oxygens (including phenoxy) is 1. The summed E-state index contributed by atoms with van der Waals surface area (Å²) >= 11 is 0. The Bertz CT molecular complexity index is 1430. The molecule has 7 nitrogen and oxygen atoms in total. The van der Waals surface area contributed by atoms with Crippen molar-refractivity contribution in [1.82, 2.24) is 9.88 Å². The van der Waals surface area contributed by atoms with E-state index in [9.17, 15) is 13.2 Å². The molecule has 2 unspecified atom stereocenters. The van der Waals surface area contributed by atoms with Gasteiger partial charge in [0, 0.05) is 23.9 Å². The third-order valence-corrected chi connectivity index (χ3v) is 8.34. The maximum Gasteiger partial charge on any atom is 0.250 e. The van der Waals surface area contributed by atoms with E-state index in [4.69, 9.17) is 4.74 Å². The molecule has 0 aliphatic carbocycles. The lowest BCUT2D eigenvalue weighted by atomic mass is 9.81. The summed E-state index contributed by atoms with van der Waals surface area (Å²) in [6.45, 7) is 3.99. The van der Waals surface area contributed by atoms with Gasteiger partial charge in [0.15, 0.2) is 9.84 Å². The van der Waals surface area contributed by atoms with Gasteiger partial charge in [0.05, 0.1) is 24.3 Å². The van der Waals surface area contributed by atoms with E-state index >= 15 is 0 Å². The Balaban J connectivity index is 1.62. The maximum atomic E-state index is 13.6. The minimum absolute atomic E-state index is 0.0249. The molecule has 1 amide bonds. The SMILES string of the molecule is CCS(=O)(=O)c1cccc(C2=CN(Cc3ccc(OC)cc3)C(=O)C3Nc4ncc(C)cc4C23)c1. The van der Waals surface area contributed by atoms with Crippen molar-refractivity contribution < 1.29 is 17.9 Å². The molecule has 0 fully saturated rings. The molecule has 1 aromatic heterocycles. The van der Waals surface area contributed by atoms with Gasteiger partial charge in [-0.3, -0.25) is 4.79 Å². The minimum Gasteiger partial charge on any atom is -0.497 e. The van der Waals surface area contributed by atoms with E-state index < -0.39 is 15.9 Å². The van der Waals surface area contributed by atoms with Crippen LogP contribution in [0.25, 0.3) is 5.57 Å². The number of carbonyl (C=O) groups is 1. The first kappa shape index (κ1) is 23.1. The molecule has 1 N–H and O–H groups in total. The highest BCUT2D eigenvalue weighted by Crippen LogP contribution is 2.47. The lowest BCUT2D eigenvalue weighted by Gasteiger charge is -2.34. The van der Waals surface area contributed by atoms with Gasteiger partial charge >= 0.3 is 0 Å². The second-order valence-electron chi connectivity index (χ2n) is 8.88. The highest BCUT2D eigenvalue weighted by Gasteiger charge is 2.45. The highest BCUT2D eigenvalue weighted by molar-refractivity contribution is 7.91. The number of hydrogen-bond acceptors (Lipinski definition) is 6. The van der Waals surface area contributed by atoms with Gasteiger partial charge in [-0.15, -0.1) is 0 Å². The number of sulfone groups is 1. The molecule has 5 rings (SSSR count). The normalized spacial score (nSPS) is 19.0. The second kappa shape index (κ2) is 8.85. The van der Waals surface area contributed by atoms with Crippen molar-refractivity contribution in [1.29, 1.82) is 0 Å². The molecule has 180 valence electrons. The number of aromatic nitrogens is 1. The zero-order valence-corrected chi connectivity index (χ0v) is 20.7. The lowest BCUT2D eigenvalue weighted by molar-refractivity contribution is -0.130. The fourth-order valence-electron chi connectivity index (χ4n) is 4.74. The molecule has 3 heterocycles. The molecule has 2 aliphatic heterocycles. The van der Waals surface area contributed by atoms with Gasteiger partial charge in [0.1, 0.15) is 17.6 Å². The van der Waals surface area contributed by atoms with Crippen molar-refractivity contribution >= 4 is 27.1 Å². The van der Waals surface area contributed by atoms with Crippen molar-refractivity contribution in [2.24, 2.45) is 0 Å². The maximum absolute atomic E-state index is 13.6. The highest BCUT2D eigenvalue weighted by atomic mass is 32.2. The second-order valence-corrected chi connectivity index (χ2v) is 11.2. The van der Waals surface area contributed by atoms with E-state index in [0.29, 0.717) is 12.4 Å². The van der Waals surface area contributed by atoms with E-state index in [2.05, 4.69) is 10.3 Å². The van der Waals surface area contributed by atoms with E-state index in [-0.39, 0.29) is 22.5 Å². The van der Waals surface area contributed by atoms with Crippen LogP contribution < -0.4 is 10.1 Å². The van der Waals surface area contributed by atoms with Crippen molar-refractivity contribution in [3.05, 3.63) is 89.2 Å². The number of fused-ring (bicyclic) bond motifs is 3. The summed E-state index contributed by atoms with van der Waals surface area (Å²) in [5.74, 6) is 1.14. The van der Waals surface area contributed by atoms with Gasteiger partial charge in [-0.2, -0.15) is 0 Å². The fourth-order valence-corrected chi connectivity index (χ4v) is 5.67. The molecule has 0 saturated carbocycles. The summed E-state index contributed by atoms with van der Waals surface area (Å²) in [6, 6.07) is 16.1. The first-order valence-corrected chi connectivity index (χ1v) is 13.2. The van der Waals surface area contributed by atoms with Crippen LogP contribution in [-0.4, -0.2) is 43.1 Å². The molecule has 2 atom stereocenters. The summed E-state index contributed by atoms with van der Waals surface area (Å²) in [4.78, 5) is 20.1. The molecule has 0 radical (unpaired) electrons. The Morgan fingerprint density at radius 2 is 1.89 bits per heavy atom. The van der Waals surface area contributed by atoms with Gasteiger partial charge in [-0.25, -0.2) is 13.4 Å². The quantitative estimate of drug-likeness (QED) is 0.560. The first-order valence-electron chi connectivity index (χ1n) is 11.5. The van der Waals surface area contributed by atoms with Crippen molar-refractivity contribution in [3.8, 4) is 5.75 Å². The zero-order valence-electron chi connectivity index (χ0n) is 19.9. The molecular weight excluding hydrogens is 462 g/mol. The lowest BCUT2D eigenvalue weighted by Crippen LogP contribution is -2.44. The first-order chi connectivity index (χ1) is 16.8. The number of hydrogen-bond donors (Lipinski definition) is 1. The van der Waals surface area contributed by atoms with Gasteiger partial charge in [-0.1, -0.05) is 37.3 Å². The Hall–Kier alpha value is -3.65. The molecular formula is C27H27N3O4S. The molecule has 35 heavy (non-hydrogen) atoms. The molecule has 0 saturated heterocycles. The van der Waals surface area contributed by atoms with Crippen LogP contribution in [0.1, 0.15) is 35.1 Å². The molecule has 0 spiro atoms. The monoisotopic (exact) mass is 489 g/mol. The summed E-state index contributed by atoms with van der Waals surface area (Å²) < 4.78 is 30.4. The number of amides is 1. The van der Waals surface area contributed by atoms with E-state index in [1.807, 2.05) is 49.5 Å². The predicted molar refractivity (Wildman–Crippen MR) is 135 cm³/mol. The van der Waals surface area contributed by atoms with Crippen LogP contribution in [0.5, 0.6) is 5.75 Å². The van der Waals surface area contributed by atoms with Crippen LogP contribution in [0.2, 0.25) is 0 Å². The topological polar surface area (TPSA) is 88.6 Å². The zero-order chi connectivity index (χ0) is 24.7. The predicted octanol–water partition coefficient (Wildman–Crippen LogP) is 4.15. The number of pyridine rings is 1. The number of methoxy groups -OCH3 is 1.